The Morgan fingerprint density at radius 3 is 2.56 bits per heavy atom. The quantitative estimate of drug-likeness (QED) is 0.451. The molecule has 2 rings (SSSR count). The van der Waals surface area contributed by atoms with Crippen molar-refractivity contribution in [3.05, 3.63) is 36.9 Å². The molecule has 0 radical (unpaired) electrons. The first kappa shape index (κ1) is 12.4. The van der Waals surface area contributed by atoms with Crippen LogP contribution in [-0.2, 0) is 9.59 Å². The van der Waals surface area contributed by atoms with Crippen molar-refractivity contribution in [2.24, 2.45) is 5.92 Å². The molecule has 1 aromatic carbocycles. The molecule has 0 spiro atoms. The Morgan fingerprint density at radius 1 is 1.39 bits per heavy atom. The number of allylic oxidation sites excluding steroid dienone is 1. The minimum atomic E-state index is -0.385. The SMILES string of the molecule is C=CC[C@H]1C(=O)N(c2ccc(OC)cc2)[C@@H]1C=O. The van der Waals surface area contributed by atoms with Crippen molar-refractivity contribution in [2.45, 2.75) is 12.5 Å². The average molecular weight is 245 g/mol. The van der Waals surface area contributed by atoms with Gasteiger partial charge in [-0.3, -0.25) is 4.79 Å². The maximum absolute atomic E-state index is 12.0. The lowest BCUT2D eigenvalue weighted by atomic mass is 9.85. The molecule has 0 N–H and O–H groups in total. The molecule has 94 valence electrons. The number of ether oxygens (including phenoxy) is 1. The van der Waals surface area contributed by atoms with E-state index in [1.807, 2.05) is 0 Å². The average Bonchev–Trinajstić information content (AvgIpc) is 2.42. The summed E-state index contributed by atoms with van der Waals surface area (Å²) in [4.78, 5) is 24.6. The van der Waals surface area contributed by atoms with Crippen LogP contribution in [0.1, 0.15) is 6.42 Å². The number of β-lactam (4-membered cyclic amide) rings is 1. The van der Waals surface area contributed by atoms with E-state index in [-0.39, 0.29) is 17.9 Å². The number of aldehydes is 1. The number of nitrogens with zero attached hydrogens (tertiary/aromatic N) is 1. The molecule has 1 saturated heterocycles. The summed E-state index contributed by atoms with van der Waals surface area (Å²) < 4.78 is 5.05. The van der Waals surface area contributed by atoms with Crippen LogP contribution in [0.4, 0.5) is 5.69 Å². The van der Waals surface area contributed by atoms with Gasteiger partial charge in [-0.15, -0.1) is 6.58 Å². The molecule has 0 aromatic heterocycles. The van der Waals surface area contributed by atoms with E-state index in [2.05, 4.69) is 6.58 Å². The Bertz CT molecular complexity index is 466. The minimum Gasteiger partial charge on any atom is -0.497 e. The third kappa shape index (κ3) is 1.90. The van der Waals surface area contributed by atoms with Crippen LogP contribution >= 0.6 is 0 Å². The number of carbonyl (C=O) groups excluding carboxylic acids is 2. The van der Waals surface area contributed by atoms with Crippen LogP contribution in [0, 0.1) is 5.92 Å². The first-order valence-electron chi connectivity index (χ1n) is 5.76. The molecule has 1 aromatic rings. The smallest absolute Gasteiger partial charge is 0.233 e. The van der Waals surface area contributed by atoms with E-state index in [0.717, 1.165) is 17.7 Å². The van der Waals surface area contributed by atoms with Crippen LogP contribution in [0.15, 0.2) is 36.9 Å². The van der Waals surface area contributed by atoms with Crippen LogP contribution in [-0.4, -0.2) is 25.3 Å². The molecule has 0 unspecified atom stereocenters. The Balaban J connectivity index is 2.20. The molecule has 2 atom stereocenters. The zero-order valence-corrected chi connectivity index (χ0v) is 10.2. The molecule has 1 aliphatic rings. The highest BCUT2D eigenvalue weighted by Crippen LogP contribution is 2.34. The predicted molar refractivity (Wildman–Crippen MR) is 68.6 cm³/mol. The van der Waals surface area contributed by atoms with Crippen molar-refractivity contribution >= 4 is 17.9 Å². The largest absolute Gasteiger partial charge is 0.497 e. The van der Waals surface area contributed by atoms with Crippen LogP contribution in [0.25, 0.3) is 0 Å². The Labute approximate surface area is 106 Å². The molecule has 0 bridgehead atoms. The summed E-state index contributed by atoms with van der Waals surface area (Å²) in [6.45, 7) is 3.60. The third-order valence-corrected chi connectivity index (χ3v) is 3.18. The van der Waals surface area contributed by atoms with Crippen molar-refractivity contribution in [1.82, 2.24) is 0 Å². The molecular weight excluding hydrogens is 230 g/mol. The highest BCUT2D eigenvalue weighted by atomic mass is 16.5. The van der Waals surface area contributed by atoms with Gasteiger partial charge in [-0.2, -0.15) is 0 Å². The Morgan fingerprint density at radius 2 is 2.06 bits per heavy atom. The number of carbonyl (C=O) groups is 2. The van der Waals surface area contributed by atoms with Crippen molar-refractivity contribution < 1.29 is 14.3 Å². The van der Waals surface area contributed by atoms with E-state index in [1.165, 1.54) is 4.90 Å². The molecule has 1 fully saturated rings. The lowest BCUT2D eigenvalue weighted by Crippen LogP contribution is -2.62. The summed E-state index contributed by atoms with van der Waals surface area (Å²) in [7, 11) is 1.58. The highest BCUT2D eigenvalue weighted by Gasteiger charge is 2.46. The first-order chi connectivity index (χ1) is 8.72. The number of hydrogen-bond donors (Lipinski definition) is 0. The van der Waals surface area contributed by atoms with E-state index in [0.29, 0.717) is 6.42 Å². The molecule has 1 amide bonds. The predicted octanol–water partition coefficient (Wildman–Crippen LogP) is 1.80. The number of methoxy groups -OCH3 is 1. The van der Waals surface area contributed by atoms with Gasteiger partial charge in [0.15, 0.2) is 0 Å². The summed E-state index contributed by atoms with van der Waals surface area (Å²) in [6, 6.07) is 6.70. The van der Waals surface area contributed by atoms with Crippen molar-refractivity contribution in [2.75, 3.05) is 12.0 Å². The van der Waals surface area contributed by atoms with Crippen LogP contribution < -0.4 is 9.64 Å². The fourth-order valence-corrected chi connectivity index (χ4v) is 2.19. The normalized spacial score (nSPS) is 22.3. The van der Waals surface area contributed by atoms with Gasteiger partial charge in [0, 0.05) is 5.69 Å². The number of hydrogen-bond acceptors (Lipinski definition) is 3. The molecule has 0 aliphatic carbocycles. The van der Waals surface area contributed by atoms with Gasteiger partial charge in [0.1, 0.15) is 18.1 Å². The first-order valence-corrected chi connectivity index (χ1v) is 5.76. The monoisotopic (exact) mass is 245 g/mol. The lowest BCUT2D eigenvalue weighted by molar-refractivity contribution is -0.133. The summed E-state index contributed by atoms with van der Waals surface area (Å²) in [6.07, 6.45) is 3.03. The second-order valence-electron chi connectivity index (χ2n) is 4.16. The molecular formula is C14H15NO3. The van der Waals surface area contributed by atoms with Gasteiger partial charge in [0.05, 0.1) is 13.0 Å². The molecule has 1 aliphatic heterocycles. The van der Waals surface area contributed by atoms with Gasteiger partial charge in [0.2, 0.25) is 5.91 Å². The summed E-state index contributed by atoms with van der Waals surface area (Å²) in [5.41, 5.74) is 0.721. The standard InChI is InChI=1S/C14H15NO3/c1-3-4-12-13(9-16)15(14(12)17)10-5-7-11(18-2)8-6-10/h3,5-9,12-13H,1,4H2,2H3/t12-,13-/m1/s1. The molecule has 0 saturated carbocycles. The van der Waals surface area contributed by atoms with E-state index < -0.39 is 0 Å². The van der Waals surface area contributed by atoms with Crippen molar-refractivity contribution in [3.63, 3.8) is 0 Å². The molecule has 18 heavy (non-hydrogen) atoms. The molecule has 4 heteroatoms. The minimum absolute atomic E-state index is 0.0304. The van der Waals surface area contributed by atoms with E-state index in [9.17, 15) is 9.59 Å². The fourth-order valence-electron chi connectivity index (χ4n) is 2.19. The van der Waals surface area contributed by atoms with Crippen LogP contribution in [0.2, 0.25) is 0 Å². The van der Waals surface area contributed by atoms with E-state index >= 15 is 0 Å². The second-order valence-corrected chi connectivity index (χ2v) is 4.16. The van der Waals surface area contributed by atoms with Gasteiger partial charge in [-0.25, -0.2) is 0 Å². The summed E-state index contributed by atoms with van der Waals surface area (Å²) in [5, 5.41) is 0. The topological polar surface area (TPSA) is 46.6 Å². The van der Waals surface area contributed by atoms with Crippen molar-refractivity contribution in [1.29, 1.82) is 0 Å². The van der Waals surface area contributed by atoms with Gasteiger partial charge < -0.3 is 14.4 Å². The number of amides is 1. The highest BCUT2D eigenvalue weighted by molar-refractivity contribution is 6.08. The third-order valence-electron chi connectivity index (χ3n) is 3.18. The van der Waals surface area contributed by atoms with Gasteiger partial charge in [-0.05, 0) is 30.7 Å². The van der Waals surface area contributed by atoms with Crippen LogP contribution in [0.3, 0.4) is 0 Å². The maximum Gasteiger partial charge on any atom is 0.233 e. The van der Waals surface area contributed by atoms with E-state index in [1.54, 1.807) is 37.5 Å². The molecule has 4 nitrogen and oxygen atoms in total. The number of anilines is 1. The number of rotatable bonds is 5. The molecule has 1 heterocycles. The zero-order valence-electron chi connectivity index (χ0n) is 10.2. The van der Waals surface area contributed by atoms with Gasteiger partial charge in [0.25, 0.3) is 0 Å². The van der Waals surface area contributed by atoms with Gasteiger partial charge >= 0.3 is 0 Å². The Kier molecular flexibility index (Phi) is 3.46. The summed E-state index contributed by atoms with van der Waals surface area (Å²) in [5.74, 6) is 0.427. The lowest BCUT2D eigenvalue weighted by Gasteiger charge is -2.44. The fraction of sp³-hybridized carbons (Fsp3) is 0.286. The Hall–Kier alpha value is -2.10. The summed E-state index contributed by atoms with van der Waals surface area (Å²) >= 11 is 0. The van der Waals surface area contributed by atoms with Crippen LogP contribution in [0.5, 0.6) is 5.75 Å². The maximum atomic E-state index is 12.0. The zero-order chi connectivity index (χ0) is 13.1. The van der Waals surface area contributed by atoms with Gasteiger partial charge in [-0.1, -0.05) is 6.08 Å². The van der Waals surface area contributed by atoms with Crippen molar-refractivity contribution in [3.8, 4) is 5.75 Å². The second kappa shape index (κ2) is 5.04. The van der Waals surface area contributed by atoms with E-state index in [4.69, 9.17) is 4.74 Å². The number of benzene rings is 1.